The Morgan fingerprint density at radius 2 is 1.82 bits per heavy atom. The molecule has 2 rings (SSSR count). The van der Waals surface area contributed by atoms with E-state index in [4.69, 9.17) is 16.3 Å². The van der Waals surface area contributed by atoms with Crippen LogP contribution in [-0.2, 0) is 0 Å². The molecule has 2 N–H and O–H groups in total. The van der Waals surface area contributed by atoms with Gasteiger partial charge in [0.05, 0.1) is 5.69 Å². The third-order valence-electron chi connectivity index (χ3n) is 2.71. The van der Waals surface area contributed by atoms with E-state index in [9.17, 15) is 4.79 Å². The molecule has 2 aromatic rings. The number of benzene rings is 2. The number of amides is 2. The van der Waals surface area contributed by atoms with Gasteiger partial charge in [-0.05, 0) is 48.9 Å². The van der Waals surface area contributed by atoms with Gasteiger partial charge in [-0.3, -0.25) is 0 Å². The molecule has 0 aliphatic heterocycles. The Morgan fingerprint density at radius 1 is 1.14 bits per heavy atom. The Hall–Kier alpha value is -2.46. The van der Waals surface area contributed by atoms with E-state index in [2.05, 4.69) is 17.2 Å². The van der Waals surface area contributed by atoms with Crippen LogP contribution in [0.25, 0.3) is 0 Å². The Kier molecular flexibility index (Phi) is 5.44. The number of anilines is 2. The first-order chi connectivity index (χ1) is 10.5. The Bertz CT molecular complexity index is 669. The number of para-hydroxylation sites is 2. The molecule has 0 aromatic heterocycles. The maximum Gasteiger partial charge on any atom is 0.323 e. The van der Waals surface area contributed by atoms with Crippen LogP contribution >= 0.6 is 11.6 Å². The summed E-state index contributed by atoms with van der Waals surface area (Å²) in [6.45, 7) is 6.07. The Balaban J connectivity index is 2.01. The highest BCUT2D eigenvalue weighted by molar-refractivity contribution is 6.30. The van der Waals surface area contributed by atoms with E-state index in [1.807, 2.05) is 19.1 Å². The summed E-state index contributed by atoms with van der Waals surface area (Å²) in [5.41, 5.74) is 2.15. The molecular weight excluding hydrogens is 300 g/mol. The van der Waals surface area contributed by atoms with E-state index < -0.39 is 0 Å². The maximum absolute atomic E-state index is 12.0. The molecule has 0 atom stereocenters. The van der Waals surface area contributed by atoms with E-state index in [0.29, 0.717) is 28.8 Å². The highest BCUT2D eigenvalue weighted by Gasteiger charge is 2.07. The molecule has 0 saturated carbocycles. The van der Waals surface area contributed by atoms with Gasteiger partial charge in [-0.15, -0.1) is 0 Å². The zero-order valence-electron chi connectivity index (χ0n) is 12.2. The second-order valence-electron chi connectivity index (χ2n) is 4.83. The largest absolute Gasteiger partial charge is 0.487 e. The zero-order chi connectivity index (χ0) is 15.9. The van der Waals surface area contributed by atoms with E-state index in [-0.39, 0.29) is 6.03 Å². The lowest BCUT2D eigenvalue weighted by atomic mass is 10.3. The van der Waals surface area contributed by atoms with Gasteiger partial charge in [0.1, 0.15) is 12.4 Å². The molecule has 0 spiro atoms. The van der Waals surface area contributed by atoms with Crippen LogP contribution < -0.4 is 15.4 Å². The van der Waals surface area contributed by atoms with Crippen LogP contribution in [-0.4, -0.2) is 12.6 Å². The molecule has 0 saturated heterocycles. The van der Waals surface area contributed by atoms with E-state index in [1.165, 1.54) is 0 Å². The van der Waals surface area contributed by atoms with Gasteiger partial charge in [0.15, 0.2) is 0 Å². The van der Waals surface area contributed by atoms with Crippen LogP contribution in [0.2, 0.25) is 5.02 Å². The lowest BCUT2D eigenvalue weighted by Crippen LogP contribution is -2.20. The number of ether oxygens (including phenoxy) is 1. The second kappa shape index (κ2) is 7.52. The van der Waals surface area contributed by atoms with Crippen LogP contribution in [0.15, 0.2) is 60.7 Å². The fraction of sp³-hybridized carbons (Fsp3) is 0.118. The third-order valence-corrected chi connectivity index (χ3v) is 2.96. The smallest absolute Gasteiger partial charge is 0.323 e. The van der Waals surface area contributed by atoms with Gasteiger partial charge in [-0.1, -0.05) is 30.3 Å². The molecule has 0 aliphatic rings. The van der Waals surface area contributed by atoms with Crippen molar-refractivity contribution in [2.45, 2.75) is 6.92 Å². The normalized spacial score (nSPS) is 9.91. The second-order valence-corrected chi connectivity index (χ2v) is 5.26. The van der Waals surface area contributed by atoms with Crippen molar-refractivity contribution in [2.24, 2.45) is 0 Å². The first-order valence-electron chi connectivity index (χ1n) is 6.74. The summed E-state index contributed by atoms with van der Waals surface area (Å²) in [4.78, 5) is 12.0. The lowest BCUT2D eigenvalue weighted by Gasteiger charge is -2.13. The van der Waals surface area contributed by atoms with Crippen LogP contribution in [0.1, 0.15) is 6.92 Å². The molecule has 22 heavy (non-hydrogen) atoms. The molecular formula is C17H17ClN2O2. The van der Waals surface area contributed by atoms with Gasteiger partial charge < -0.3 is 15.4 Å². The number of hydrogen-bond donors (Lipinski definition) is 2. The molecule has 5 heteroatoms. The van der Waals surface area contributed by atoms with E-state index in [1.54, 1.807) is 36.4 Å². The number of carbonyl (C=O) groups is 1. The molecule has 0 unspecified atom stereocenters. The maximum atomic E-state index is 12.0. The minimum atomic E-state index is -0.353. The van der Waals surface area contributed by atoms with Crippen molar-refractivity contribution >= 4 is 29.0 Å². The number of rotatable bonds is 5. The van der Waals surface area contributed by atoms with Crippen LogP contribution in [0.3, 0.4) is 0 Å². The molecule has 0 bridgehead atoms. The van der Waals surface area contributed by atoms with Gasteiger partial charge in [0.25, 0.3) is 0 Å². The average molecular weight is 317 g/mol. The topological polar surface area (TPSA) is 50.4 Å². The van der Waals surface area contributed by atoms with Gasteiger partial charge in [0.2, 0.25) is 0 Å². The molecule has 0 fully saturated rings. The van der Waals surface area contributed by atoms with Gasteiger partial charge >= 0.3 is 6.03 Å². The number of urea groups is 1. The predicted molar refractivity (Wildman–Crippen MR) is 90.8 cm³/mol. The van der Waals surface area contributed by atoms with E-state index in [0.717, 1.165) is 5.57 Å². The van der Waals surface area contributed by atoms with Crippen LogP contribution in [0.4, 0.5) is 16.2 Å². The number of carbonyl (C=O) groups excluding carboxylic acids is 1. The molecule has 114 valence electrons. The molecule has 0 heterocycles. The first kappa shape index (κ1) is 15.9. The fourth-order valence-corrected chi connectivity index (χ4v) is 1.84. The Morgan fingerprint density at radius 3 is 2.50 bits per heavy atom. The van der Waals surface area contributed by atoms with Crippen molar-refractivity contribution in [3.63, 3.8) is 0 Å². The standard InChI is InChI=1S/C17H17ClN2O2/c1-12(2)11-22-16-6-4-3-5-15(16)20-17(21)19-14-9-7-13(18)8-10-14/h3-10H,1,11H2,2H3,(H2,19,20,21). The molecule has 4 nitrogen and oxygen atoms in total. The predicted octanol–water partition coefficient (Wildman–Crippen LogP) is 4.94. The number of hydrogen-bond acceptors (Lipinski definition) is 2. The molecule has 0 aliphatic carbocycles. The van der Waals surface area contributed by atoms with Crippen molar-refractivity contribution in [3.05, 3.63) is 65.7 Å². The summed E-state index contributed by atoms with van der Waals surface area (Å²) in [6, 6.07) is 13.8. The fourth-order valence-electron chi connectivity index (χ4n) is 1.71. The van der Waals surface area contributed by atoms with Gasteiger partial charge in [0, 0.05) is 10.7 Å². The van der Waals surface area contributed by atoms with Crippen molar-refractivity contribution in [1.82, 2.24) is 0 Å². The molecule has 2 aromatic carbocycles. The highest BCUT2D eigenvalue weighted by atomic mass is 35.5. The molecule has 2 amide bonds. The minimum absolute atomic E-state index is 0.353. The summed E-state index contributed by atoms with van der Waals surface area (Å²) < 4.78 is 5.61. The summed E-state index contributed by atoms with van der Waals surface area (Å²) in [5, 5.41) is 6.10. The van der Waals surface area contributed by atoms with E-state index >= 15 is 0 Å². The summed E-state index contributed by atoms with van der Waals surface area (Å²) >= 11 is 5.81. The monoisotopic (exact) mass is 316 g/mol. The summed E-state index contributed by atoms with van der Waals surface area (Å²) in [5.74, 6) is 0.594. The van der Waals surface area contributed by atoms with Crippen molar-refractivity contribution in [2.75, 3.05) is 17.2 Å². The number of halogens is 1. The van der Waals surface area contributed by atoms with Crippen molar-refractivity contribution in [3.8, 4) is 5.75 Å². The SMILES string of the molecule is C=C(C)COc1ccccc1NC(=O)Nc1ccc(Cl)cc1. The number of nitrogens with one attached hydrogen (secondary N) is 2. The molecule has 0 radical (unpaired) electrons. The van der Waals surface area contributed by atoms with Crippen molar-refractivity contribution < 1.29 is 9.53 Å². The first-order valence-corrected chi connectivity index (χ1v) is 7.12. The Labute approximate surface area is 134 Å². The summed E-state index contributed by atoms with van der Waals surface area (Å²) in [6.07, 6.45) is 0. The van der Waals surface area contributed by atoms with Crippen LogP contribution in [0, 0.1) is 0 Å². The summed E-state index contributed by atoms with van der Waals surface area (Å²) in [7, 11) is 0. The van der Waals surface area contributed by atoms with Crippen molar-refractivity contribution in [1.29, 1.82) is 0 Å². The van der Waals surface area contributed by atoms with Gasteiger partial charge in [-0.25, -0.2) is 4.79 Å². The average Bonchev–Trinajstić information content (AvgIpc) is 2.48. The van der Waals surface area contributed by atoms with Gasteiger partial charge in [-0.2, -0.15) is 0 Å². The highest BCUT2D eigenvalue weighted by Crippen LogP contribution is 2.24. The quantitative estimate of drug-likeness (QED) is 0.768. The minimum Gasteiger partial charge on any atom is -0.487 e. The zero-order valence-corrected chi connectivity index (χ0v) is 13.0. The van der Waals surface area contributed by atoms with Crippen LogP contribution in [0.5, 0.6) is 5.75 Å². The lowest BCUT2D eigenvalue weighted by molar-refractivity contribution is 0.262. The third kappa shape index (κ3) is 4.82.